The third-order valence-corrected chi connectivity index (χ3v) is 6.33. The maximum absolute atomic E-state index is 12.6. The molecule has 5 nitrogen and oxygen atoms in total. The van der Waals surface area contributed by atoms with Crippen LogP contribution in [0.4, 0.5) is 5.69 Å². The average molecular weight is 404 g/mol. The Labute approximate surface area is 170 Å². The molecule has 4 rings (SSSR count). The third kappa shape index (κ3) is 4.12. The number of sulfonamides is 1. The molecule has 0 amide bonds. The largest absolute Gasteiger partial charge is 0.339 e. The van der Waals surface area contributed by atoms with Crippen LogP contribution in [0.3, 0.4) is 0 Å². The van der Waals surface area contributed by atoms with Gasteiger partial charge in [0.1, 0.15) is 10.7 Å². The molecule has 1 aliphatic heterocycles. The predicted octanol–water partition coefficient (Wildman–Crippen LogP) is 4.57. The molecule has 0 fully saturated rings. The highest BCUT2D eigenvalue weighted by molar-refractivity contribution is 8.00. The van der Waals surface area contributed by atoms with Crippen LogP contribution in [0.1, 0.15) is 29.2 Å². The van der Waals surface area contributed by atoms with E-state index in [2.05, 4.69) is 14.7 Å². The van der Waals surface area contributed by atoms with E-state index in [0.29, 0.717) is 17.0 Å². The minimum atomic E-state index is -3.72. The molecule has 0 radical (unpaired) electrons. The van der Waals surface area contributed by atoms with Gasteiger partial charge in [0.2, 0.25) is 0 Å². The van der Waals surface area contributed by atoms with E-state index in [1.807, 2.05) is 67.6 Å². The number of aromatic nitrogens is 1. The molecule has 29 heavy (non-hydrogen) atoms. The minimum absolute atomic E-state index is 0.259. The molecule has 0 saturated carbocycles. The molecule has 1 aliphatic rings. The number of amidine groups is 1. The van der Waals surface area contributed by atoms with E-state index in [4.69, 9.17) is 0 Å². The molecule has 6 heteroatoms. The number of rotatable bonds is 4. The van der Waals surface area contributed by atoms with Crippen molar-refractivity contribution in [1.82, 2.24) is 4.98 Å². The van der Waals surface area contributed by atoms with E-state index < -0.39 is 10.0 Å². The van der Waals surface area contributed by atoms with Gasteiger partial charge in [-0.25, -0.2) is 0 Å². The molecule has 0 spiro atoms. The van der Waals surface area contributed by atoms with Gasteiger partial charge in [-0.1, -0.05) is 42.0 Å². The molecule has 1 aromatic heterocycles. The second-order valence-corrected chi connectivity index (χ2v) is 8.63. The summed E-state index contributed by atoms with van der Waals surface area (Å²) >= 11 is 0. The summed E-state index contributed by atoms with van der Waals surface area (Å²) in [6.07, 6.45) is 4.38. The van der Waals surface area contributed by atoms with Crippen LogP contribution in [0, 0.1) is 6.92 Å². The maximum Gasteiger partial charge on any atom is 0.285 e. The zero-order valence-electron chi connectivity index (χ0n) is 16.3. The second kappa shape index (κ2) is 7.64. The number of aryl methyl sites for hydroxylation is 1. The molecular weight excluding hydrogens is 382 g/mol. The summed E-state index contributed by atoms with van der Waals surface area (Å²) in [5.41, 5.74) is 5.50. The Morgan fingerprint density at radius 3 is 2.10 bits per heavy atom. The van der Waals surface area contributed by atoms with Crippen molar-refractivity contribution in [3.8, 4) is 0 Å². The molecule has 3 aromatic rings. The number of anilines is 1. The monoisotopic (exact) mass is 403 g/mol. The zero-order chi connectivity index (χ0) is 20.4. The van der Waals surface area contributed by atoms with E-state index in [1.54, 1.807) is 19.3 Å². The van der Waals surface area contributed by atoms with Gasteiger partial charge in [0, 0.05) is 23.7 Å². The van der Waals surface area contributed by atoms with Crippen LogP contribution in [-0.2, 0) is 16.4 Å². The number of hydrogen-bond acceptors (Lipinski definition) is 4. The fourth-order valence-electron chi connectivity index (χ4n) is 3.30. The van der Waals surface area contributed by atoms with Crippen LogP contribution in [0.5, 0.6) is 0 Å². The number of hydrogen-bond donors (Lipinski definition) is 1. The molecule has 146 valence electrons. The summed E-state index contributed by atoms with van der Waals surface area (Å²) in [5, 5.41) is 3.15. The van der Waals surface area contributed by atoms with Gasteiger partial charge in [-0.2, -0.15) is 8.42 Å². The summed E-state index contributed by atoms with van der Waals surface area (Å²) < 4.78 is 29.2. The van der Waals surface area contributed by atoms with E-state index in [9.17, 15) is 8.42 Å². The first kappa shape index (κ1) is 19.1. The van der Waals surface area contributed by atoms with Crippen LogP contribution < -0.4 is 5.32 Å². The van der Waals surface area contributed by atoms with E-state index in [0.717, 1.165) is 23.2 Å². The lowest BCUT2D eigenvalue weighted by molar-refractivity contribution is 0.608. The molecule has 0 bridgehead atoms. The molecule has 0 unspecified atom stereocenters. The van der Waals surface area contributed by atoms with E-state index >= 15 is 0 Å². The first-order chi connectivity index (χ1) is 13.9. The van der Waals surface area contributed by atoms with E-state index in [-0.39, 0.29) is 4.91 Å². The van der Waals surface area contributed by atoms with Crippen LogP contribution in [-0.4, -0.2) is 19.2 Å². The topological polar surface area (TPSA) is 71.4 Å². The fraction of sp³-hybridized carbons (Fsp3) is 0.130. The summed E-state index contributed by atoms with van der Waals surface area (Å²) in [6.45, 7) is 3.75. The Hall–Kier alpha value is -3.25. The normalized spacial score (nSPS) is 15.3. The lowest BCUT2D eigenvalue weighted by atomic mass is 10.1. The summed E-state index contributed by atoms with van der Waals surface area (Å²) in [6, 6.07) is 19.3. The van der Waals surface area contributed by atoms with Crippen molar-refractivity contribution in [3.05, 3.63) is 101 Å². The van der Waals surface area contributed by atoms with Gasteiger partial charge in [0.15, 0.2) is 0 Å². The van der Waals surface area contributed by atoms with E-state index in [1.165, 1.54) is 5.56 Å². The molecule has 2 aromatic carbocycles. The Kier molecular flexibility index (Phi) is 5.03. The van der Waals surface area contributed by atoms with Crippen molar-refractivity contribution in [2.45, 2.75) is 20.3 Å². The van der Waals surface area contributed by atoms with Gasteiger partial charge in [-0.15, -0.1) is 4.40 Å². The number of nitrogens with one attached hydrogen (secondary N) is 1. The van der Waals surface area contributed by atoms with Crippen molar-refractivity contribution in [2.75, 3.05) is 5.32 Å². The van der Waals surface area contributed by atoms with Crippen LogP contribution in [0.15, 0.2) is 83.0 Å². The first-order valence-corrected chi connectivity index (χ1v) is 10.7. The Morgan fingerprint density at radius 1 is 0.828 bits per heavy atom. The van der Waals surface area contributed by atoms with Crippen LogP contribution in [0.2, 0.25) is 0 Å². The van der Waals surface area contributed by atoms with Gasteiger partial charge >= 0.3 is 0 Å². The van der Waals surface area contributed by atoms with Crippen molar-refractivity contribution in [2.24, 2.45) is 4.40 Å². The number of nitrogens with zero attached hydrogens (tertiary/aromatic N) is 2. The zero-order valence-corrected chi connectivity index (χ0v) is 17.1. The van der Waals surface area contributed by atoms with Crippen molar-refractivity contribution >= 4 is 26.5 Å². The Morgan fingerprint density at radius 2 is 1.45 bits per heavy atom. The van der Waals surface area contributed by atoms with Crippen LogP contribution in [0.25, 0.3) is 4.91 Å². The Balaban J connectivity index is 1.55. The summed E-state index contributed by atoms with van der Waals surface area (Å²) in [5.74, 6) is 0.363. The van der Waals surface area contributed by atoms with Crippen LogP contribution >= 0.6 is 0 Å². The lowest BCUT2D eigenvalue weighted by Gasteiger charge is -2.08. The van der Waals surface area contributed by atoms with Crippen molar-refractivity contribution in [3.63, 3.8) is 0 Å². The van der Waals surface area contributed by atoms with Gasteiger partial charge < -0.3 is 5.32 Å². The highest BCUT2D eigenvalue weighted by Crippen LogP contribution is 2.33. The predicted molar refractivity (Wildman–Crippen MR) is 117 cm³/mol. The third-order valence-electron chi connectivity index (χ3n) is 4.85. The Bertz CT molecular complexity index is 1200. The molecule has 2 heterocycles. The summed E-state index contributed by atoms with van der Waals surface area (Å²) in [7, 11) is -3.72. The average Bonchev–Trinajstić information content (AvgIpc) is 2.93. The standard InChI is InChI=1S/C23H21N3O2S/c1-16-3-7-20(8-4-16)22-17(2)23(26-29(22,27)28)25-21-9-5-18(6-10-21)15-19-11-13-24-14-12-19/h3-14H,15H2,1-2H3,(H,25,26). The smallest absolute Gasteiger partial charge is 0.285 e. The minimum Gasteiger partial charge on any atom is -0.339 e. The molecule has 0 atom stereocenters. The highest BCUT2D eigenvalue weighted by Gasteiger charge is 2.30. The maximum atomic E-state index is 12.6. The van der Waals surface area contributed by atoms with Gasteiger partial charge in [-0.3, -0.25) is 4.98 Å². The number of benzene rings is 2. The molecule has 0 saturated heterocycles. The lowest BCUT2D eigenvalue weighted by Crippen LogP contribution is -2.11. The quantitative estimate of drug-likeness (QED) is 0.693. The molecule has 1 N–H and O–H groups in total. The fourth-order valence-corrected chi connectivity index (χ4v) is 4.73. The van der Waals surface area contributed by atoms with Crippen molar-refractivity contribution in [1.29, 1.82) is 0 Å². The molecule has 0 aliphatic carbocycles. The van der Waals surface area contributed by atoms with Gasteiger partial charge in [0.25, 0.3) is 10.0 Å². The second-order valence-electron chi connectivity index (χ2n) is 7.09. The van der Waals surface area contributed by atoms with Gasteiger partial charge in [0.05, 0.1) is 0 Å². The first-order valence-electron chi connectivity index (χ1n) is 9.30. The molecular formula is C23H21N3O2S. The highest BCUT2D eigenvalue weighted by atomic mass is 32.2. The number of pyridine rings is 1. The van der Waals surface area contributed by atoms with Gasteiger partial charge in [-0.05, 0) is 61.2 Å². The summed E-state index contributed by atoms with van der Waals surface area (Å²) in [4.78, 5) is 4.29. The van der Waals surface area contributed by atoms with Crippen molar-refractivity contribution < 1.29 is 8.42 Å². The SMILES string of the molecule is CC1=C(c2ccc(C)cc2)S(=O)(=O)N=C1Nc1ccc(Cc2ccncc2)cc1.